The topological polar surface area (TPSA) is 35.5 Å². The van der Waals surface area contributed by atoms with E-state index in [9.17, 15) is 4.79 Å². The average Bonchev–Trinajstić information content (AvgIpc) is 2.38. The van der Waals surface area contributed by atoms with E-state index in [1.54, 1.807) is 6.08 Å². The molecule has 4 heteroatoms. The van der Waals surface area contributed by atoms with Gasteiger partial charge in [-0.3, -0.25) is 0 Å². The van der Waals surface area contributed by atoms with Crippen molar-refractivity contribution in [3.05, 3.63) is 42.0 Å². The van der Waals surface area contributed by atoms with Gasteiger partial charge in [0.15, 0.2) is 5.41 Å². The molecular formula is C14H18O3Si. The van der Waals surface area contributed by atoms with Gasteiger partial charge in [0.05, 0.1) is 16.8 Å². The maximum absolute atomic E-state index is 11.7. The number of hydrogen-bond acceptors (Lipinski definition) is 3. The van der Waals surface area contributed by atoms with E-state index in [0.717, 1.165) is 24.8 Å². The maximum Gasteiger partial charge on any atom is 0.332 e. The fourth-order valence-electron chi connectivity index (χ4n) is 1.96. The summed E-state index contributed by atoms with van der Waals surface area (Å²) in [5, 5.41) is 0. The van der Waals surface area contributed by atoms with Gasteiger partial charge in [-0.2, -0.15) is 0 Å². The Morgan fingerprint density at radius 1 is 1.33 bits per heavy atom. The Labute approximate surface area is 110 Å². The normalized spacial score (nSPS) is 24.2. The molecule has 1 aromatic carbocycles. The van der Waals surface area contributed by atoms with Crippen LogP contribution in [0.5, 0.6) is 0 Å². The lowest BCUT2D eigenvalue weighted by atomic mass is 10.2. The average molecular weight is 262 g/mol. The van der Waals surface area contributed by atoms with E-state index in [0.29, 0.717) is 16.8 Å². The summed E-state index contributed by atoms with van der Waals surface area (Å²) >= 11 is 0. The van der Waals surface area contributed by atoms with Crippen LogP contribution < -0.4 is 0 Å². The molecule has 0 spiro atoms. The van der Waals surface area contributed by atoms with Crippen LogP contribution in [0.3, 0.4) is 0 Å². The third-order valence-electron chi connectivity index (χ3n) is 2.96. The molecule has 1 aromatic rings. The lowest BCUT2D eigenvalue weighted by Crippen LogP contribution is -2.41. The molecule has 0 bridgehead atoms. The second-order valence-corrected chi connectivity index (χ2v) is 6.13. The smallest absolute Gasteiger partial charge is 0.332 e. The lowest BCUT2D eigenvalue weighted by Gasteiger charge is -2.33. The molecule has 2 rings (SSSR count). The maximum atomic E-state index is 11.7. The predicted octanol–water partition coefficient (Wildman–Crippen LogP) is 1.46. The third kappa shape index (κ3) is 3.82. The zero-order valence-electron chi connectivity index (χ0n) is 10.6. The Bertz CT molecular complexity index is 422. The van der Waals surface area contributed by atoms with Gasteiger partial charge >= 0.3 is 5.97 Å². The van der Waals surface area contributed by atoms with Crippen molar-refractivity contribution in [3.63, 3.8) is 0 Å². The van der Waals surface area contributed by atoms with Crippen molar-refractivity contribution in [1.82, 2.24) is 0 Å². The number of hydrogen-bond donors (Lipinski definition) is 0. The van der Waals surface area contributed by atoms with Crippen LogP contribution in [0.2, 0.25) is 0 Å². The van der Waals surface area contributed by atoms with Gasteiger partial charge < -0.3 is 9.47 Å². The highest BCUT2D eigenvalue weighted by atomic mass is 28.1. The molecule has 1 fully saturated rings. The van der Waals surface area contributed by atoms with Crippen molar-refractivity contribution in [3.8, 4) is 0 Å². The molecule has 1 unspecified atom stereocenters. The van der Waals surface area contributed by atoms with Gasteiger partial charge in [-0.05, 0) is 24.5 Å². The first-order valence-electron chi connectivity index (χ1n) is 6.28. The number of rotatable bonds is 3. The summed E-state index contributed by atoms with van der Waals surface area (Å²) in [4.78, 5) is 11.7. The summed E-state index contributed by atoms with van der Waals surface area (Å²) in [5.41, 5.74) is 0.373. The largest absolute Gasteiger partial charge is 0.435 e. The molecule has 1 atom stereocenters. The molecule has 1 aliphatic heterocycles. The molecule has 1 saturated heterocycles. The Morgan fingerprint density at radius 2 is 2.11 bits per heavy atom. The highest BCUT2D eigenvalue weighted by Gasteiger charge is 2.30. The van der Waals surface area contributed by atoms with Crippen LogP contribution in [0.25, 0.3) is 6.08 Å². The monoisotopic (exact) mass is 262 g/mol. The fourth-order valence-corrected chi connectivity index (χ4v) is 2.72. The molecule has 1 heterocycles. The van der Waals surface area contributed by atoms with E-state index < -0.39 is 5.41 Å². The number of carbonyl (C=O) groups excluding carboxylic acids is 1. The zero-order chi connectivity index (χ0) is 12.8. The molecule has 96 valence electrons. The minimum Gasteiger partial charge on any atom is -0.435 e. The molecular weight excluding hydrogens is 244 g/mol. The fraction of sp³-hybridized carbons (Fsp3) is 0.357. The van der Waals surface area contributed by atoms with E-state index in [1.807, 2.05) is 30.3 Å². The molecule has 3 nitrogen and oxygen atoms in total. The van der Waals surface area contributed by atoms with Crippen LogP contribution in [0, 0.1) is 0 Å². The lowest BCUT2D eigenvalue weighted by molar-refractivity contribution is -0.200. The van der Waals surface area contributed by atoms with Crippen LogP contribution in [-0.4, -0.2) is 28.2 Å². The molecule has 0 amide bonds. The predicted molar refractivity (Wildman–Crippen MR) is 74.0 cm³/mol. The molecule has 0 aromatic heterocycles. The van der Waals surface area contributed by atoms with Crippen molar-refractivity contribution in [2.45, 2.75) is 24.7 Å². The molecule has 1 aliphatic rings. The van der Waals surface area contributed by atoms with E-state index in [1.165, 1.54) is 6.08 Å². The van der Waals surface area contributed by atoms with Crippen molar-refractivity contribution in [2.24, 2.45) is 0 Å². The summed E-state index contributed by atoms with van der Waals surface area (Å²) in [6, 6.07) is 9.69. The highest BCUT2D eigenvalue weighted by Crippen LogP contribution is 2.23. The highest BCUT2D eigenvalue weighted by molar-refractivity contribution is 6.14. The van der Waals surface area contributed by atoms with Gasteiger partial charge in [0.2, 0.25) is 0 Å². The van der Waals surface area contributed by atoms with Crippen molar-refractivity contribution < 1.29 is 14.3 Å². The minimum atomic E-state index is -0.615. The Kier molecular flexibility index (Phi) is 4.33. The van der Waals surface area contributed by atoms with E-state index in [4.69, 9.17) is 9.47 Å². The van der Waals surface area contributed by atoms with E-state index in [-0.39, 0.29) is 5.97 Å². The summed E-state index contributed by atoms with van der Waals surface area (Å²) in [5.74, 6) is -0.323. The quantitative estimate of drug-likeness (QED) is 0.470. The zero-order valence-corrected chi connectivity index (χ0v) is 12.6. The number of esters is 1. The first-order chi connectivity index (χ1) is 8.68. The Balaban J connectivity index is 1.90. The number of benzene rings is 1. The SMILES string of the molecule is O=C(/C=C/c1ccccc1)OC1([SiH3])CCCCO1. The van der Waals surface area contributed by atoms with Crippen molar-refractivity contribution >= 4 is 22.3 Å². The van der Waals surface area contributed by atoms with Crippen LogP contribution in [0.4, 0.5) is 0 Å². The van der Waals surface area contributed by atoms with E-state index in [2.05, 4.69) is 0 Å². The van der Waals surface area contributed by atoms with Gasteiger partial charge in [0.25, 0.3) is 0 Å². The van der Waals surface area contributed by atoms with Gasteiger partial charge in [-0.25, -0.2) is 4.79 Å². The van der Waals surface area contributed by atoms with E-state index >= 15 is 0 Å². The van der Waals surface area contributed by atoms with Crippen molar-refractivity contribution in [1.29, 1.82) is 0 Å². The molecule has 0 aliphatic carbocycles. The Hall–Kier alpha value is -1.39. The van der Waals surface area contributed by atoms with Crippen LogP contribution in [-0.2, 0) is 14.3 Å². The number of ether oxygens (including phenoxy) is 2. The first kappa shape index (κ1) is 13.0. The molecule has 0 N–H and O–H groups in total. The summed E-state index contributed by atoms with van der Waals surface area (Å²) < 4.78 is 11.0. The first-order valence-corrected chi connectivity index (χ1v) is 7.28. The molecule has 0 radical (unpaired) electrons. The van der Waals surface area contributed by atoms with Gasteiger partial charge in [0, 0.05) is 12.5 Å². The van der Waals surface area contributed by atoms with Gasteiger partial charge in [0.1, 0.15) is 0 Å². The number of carbonyl (C=O) groups is 1. The van der Waals surface area contributed by atoms with Gasteiger partial charge in [-0.15, -0.1) is 0 Å². The third-order valence-corrected chi connectivity index (χ3v) is 3.95. The van der Waals surface area contributed by atoms with Gasteiger partial charge in [-0.1, -0.05) is 30.3 Å². The molecule has 0 saturated carbocycles. The van der Waals surface area contributed by atoms with Crippen LogP contribution in [0.1, 0.15) is 24.8 Å². The summed E-state index contributed by atoms with van der Waals surface area (Å²) in [6.45, 7) is 0.694. The van der Waals surface area contributed by atoms with Crippen molar-refractivity contribution in [2.75, 3.05) is 6.61 Å². The standard InChI is InChI=1S/C14H18O3Si/c15-13(9-8-12-6-2-1-3-7-12)17-14(18)10-4-5-11-16-14/h1-3,6-9H,4-5,10-11H2,18H3/b9-8+. The molecule has 18 heavy (non-hydrogen) atoms. The Morgan fingerprint density at radius 3 is 2.78 bits per heavy atom. The van der Waals surface area contributed by atoms with Crippen LogP contribution in [0.15, 0.2) is 36.4 Å². The minimum absolute atomic E-state index is 0.323. The summed E-state index contributed by atoms with van der Waals surface area (Å²) in [7, 11) is 0.706. The summed E-state index contributed by atoms with van der Waals surface area (Å²) in [6.07, 6.45) is 6.17. The van der Waals surface area contributed by atoms with Crippen LogP contribution >= 0.6 is 0 Å². The second-order valence-electron chi connectivity index (χ2n) is 4.60. The second kappa shape index (κ2) is 5.98.